The van der Waals surface area contributed by atoms with Crippen LogP contribution >= 0.6 is 11.6 Å². The minimum atomic E-state index is -0.0148. The SMILES string of the molecule is C=Cc1cnc(Cl)c(O)c1. The Labute approximate surface area is 63.8 Å². The summed E-state index contributed by atoms with van der Waals surface area (Å²) in [5, 5.41) is 9.11. The summed E-state index contributed by atoms with van der Waals surface area (Å²) in [6, 6.07) is 1.50. The number of aromatic nitrogens is 1. The average molecular weight is 156 g/mol. The fourth-order valence-corrected chi connectivity index (χ4v) is 0.667. The first-order chi connectivity index (χ1) is 4.74. The van der Waals surface area contributed by atoms with E-state index in [1.165, 1.54) is 12.3 Å². The van der Waals surface area contributed by atoms with Gasteiger partial charge in [-0.15, -0.1) is 0 Å². The molecular weight excluding hydrogens is 150 g/mol. The number of halogens is 1. The molecular formula is C7H6ClNO. The molecule has 1 aromatic heterocycles. The van der Waals surface area contributed by atoms with Gasteiger partial charge >= 0.3 is 0 Å². The van der Waals surface area contributed by atoms with Crippen LogP contribution in [0.1, 0.15) is 5.56 Å². The summed E-state index contributed by atoms with van der Waals surface area (Å²) in [5.41, 5.74) is 0.752. The third kappa shape index (κ3) is 1.28. The lowest BCUT2D eigenvalue weighted by atomic mass is 10.3. The Morgan fingerprint density at radius 2 is 2.40 bits per heavy atom. The van der Waals surface area contributed by atoms with Gasteiger partial charge in [0.25, 0.3) is 0 Å². The molecule has 0 saturated heterocycles. The van der Waals surface area contributed by atoms with Gasteiger partial charge in [-0.25, -0.2) is 4.98 Å². The van der Waals surface area contributed by atoms with Gasteiger partial charge < -0.3 is 5.11 Å². The Kier molecular flexibility index (Phi) is 1.92. The lowest BCUT2D eigenvalue weighted by Gasteiger charge is -1.95. The molecule has 0 radical (unpaired) electrons. The van der Waals surface area contributed by atoms with Crippen molar-refractivity contribution in [3.8, 4) is 5.75 Å². The average Bonchev–Trinajstić information content (AvgIpc) is 1.95. The molecule has 0 saturated carbocycles. The molecule has 0 aliphatic heterocycles. The summed E-state index contributed by atoms with van der Waals surface area (Å²) in [6.07, 6.45) is 3.12. The van der Waals surface area contributed by atoms with Crippen molar-refractivity contribution in [2.24, 2.45) is 0 Å². The van der Waals surface area contributed by atoms with Crippen LogP contribution in [0.15, 0.2) is 18.8 Å². The van der Waals surface area contributed by atoms with Gasteiger partial charge in [0.15, 0.2) is 10.9 Å². The highest BCUT2D eigenvalue weighted by Gasteiger charge is 1.97. The molecule has 1 N–H and O–H groups in total. The molecule has 0 aliphatic rings. The van der Waals surface area contributed by atoms with Crippen molar-refractivity contribution >= 4 is 17.7 Å². The molecule has 0 spiro atoms. The lowest BCUT2D eigenvalue weighted by Crippen LogP contribution is -1.77. The minimum Gasteiger partial charge on any atom is -0.505 e. The van der Waals surface area contributed by atoms with E-state index < -0.39 is 0 Å². The molecule has 0 amide bonds. The molecule has 1 rings (SSSR count). The number of hydrogen-bond donors (Lipinski definition) is 1. The van der Waals surface area contributed by atoms with E-state index in [0.29, 0.717) is 0 Å². The van der Waals surface area contributed by atoms with Gasteiger partial charge in [-0.05, 0) is 11.6 Å². The molecule has 1 aromatic rings. The van der Waals surface area contributed by atoms with Gasteiger partial charge in [0, 0.05) is 6.20 Å². The van der Waals surface area contributed by atoms with Crippen LogP contribution in [0.5, 0.6) is 5.75 Å². The highest BCUT2D eigenvalue weighted by molar-refractivity contribution is 6.30. The van der Waals surface area contributed by atoms with Crippen molar-refractivity contribution in [3.05, 3.63) is 29.6 Å². The first-order valence-electron chi connectivity index (χ1n) is 2.71. The summed E-state index contributed by atoms with van der Waals surface area (Å²) in [7, 11) is 0. The lowest BCUT2D eigenvalue weighted by molar-refractivity contribution is 0.473. The van der Waals surface area contributed by atoms with E-state index in [1.807, 2.05) is 0 Å². The van der Waals surface area contributed by atoms with E-state index >= 15 is 0 Å². The molecule has 10 heavy (non-hydrogen) atoms. The Morgan fingerprint density at radius 1 is 1.70 bits per heavy atom. The molecule has 0 aromatic carbocycles. The quantitative estimate of drug-likeness (QED) is 0.630. The molecule has 0 unspecified atom stereocenters. The van der Waals surface area contributed by atoms with E-state index in [0.717, 1.165) is 5.56 Å². The van der Waals surface area contributed by atoms with Crippen LogP contribution in [0.25, 0.3) is 6.08 Å². The van der Waals surface area contributed by atoms with E-state index in [1.54, 1.807) is 6.08 Å². The van der Waals surface area contributed by atoms with E-state index in [4.69, 9.17) is 16.7 Å². The van der Waals surface area contributed by atoms with E-state index in [9.17, 15) is 0 Å². The monoisotopic (exact) mass is 155 g/mol. The van der Waals surface area contributed by atoms with Crippen LogP contribution in [0.3, 0.4) is 0 Å². The van der Waals surface area contributed by atoms with Crippen LogP contribution in [0.2, 0.25) is 5.15 Å². The fraction of sp³-hybridized carbons (Fsp3) is 0. The summed E-state index contributed by atoms with van der Waals surface area (Å²) in [6.45, 7) is 3.51. The molecule has 52 valence electrons. The van der Waals surface area contributed by atoms with Crippen LogP contribution < -0.4 is 0 Å². The van der Waals surface area contributed by atoms with Gasteiger partial charge in [0.05, 0.1) is 0 Å². The zero-order chi connectivity index (χ0) is 7.56. The summed E-state index contributed by atoms with van der Waals surface area (Å²) in [4.78, 5) is 3.69. The predicted molar refractivity (Wildman–Crippen MR) is 41.0 cm³/mol. The predicted octanol–water partition coefficient (Wildman–Crippen LogP) is 2.08. The molecule has 0 bridgehead atoms. The smallest absolute Gasteiger partial charge is 0.170 e. The first-order valence-corrected chi connectivity index (χ1v) is 3.09. The Balaban J connectivity index is 3.16. The van der Waals surface area contributed by atoms with Crippen LogP contribution in [0.4, 0.5) is 0 Å². The first kappa shape index (κ1) is 7.09. The molecule has 2 nitrogen and oxygen atoms in total. The number of hydrogen-bond acceptors (Lipinski definition) is 2. The largest absolute Gasteiger partial charge is 0.505 e. The van der Waals surface area contributed by atoms with E-state index in [-0.39, 0.29) is 10.9 Å². The fourth-order valence-electron chi connectivity index (χ4n) is 0.564. The summed E-state index contributed by atoms with van der Waals surface area (Å²) < 4.78 is 0. The number of aromatic hydroxyl groups is 1. The Hall–Kier alpha value is -1.02. The molecule has 0 fully saturated rings. The number of rotatable bonds is 1. The highest BCUT2D eigenvalue weighted by Crippen LogP contribution is 2.20. The van der Waals surface area contributed by atoms with Crippen molar-refractivity contribution in [2.75, 3.05) is 0 Å². The normalized spacial score (nSPS) is 9.30. The van der Waals surface area contributed by atoms with Gasteiger partial charge in [-0.1, -0.05) is 24.3 Å². The third-order valence-electron chi connectivity index (χ3n) is 1.08. The maximum Gasteiger partial charge on any atom is 0.170 e. The van der Waals surface area contributed by atoms with Crippen molar-refractivity contribution in [2.45, 2.75) is 0 Å². The van der Waals surface area contributed by atoms with Gasteiger partial charge in [0.1, 0.15) is 0 Å². The van der Waals surface area contributed by atoms with Crippen LogP contribution in [0, 0.1) is 0 Å². The van der Waals surface area contributed by atoms with Crippen molar-refractivity contribution in [1.29, 1.82) is 0 Å². The van der Waals surface area contributed by atoms with Crippen LogP contribution in [-0.4, -0.2) is 10.1 Å². The third-order valence-corrected chi connectivity index (χ3v) is 1.37. The summed E-state index contributed by atoms with van der Waals surface area (Å²) in [5.74, 6) is -0.0148. The second-order valence-electron chi connectivity index (χ2n) is 1.78. The van der Waals surface area contributed by atoms with Crippen molar-refractivity contribution in [3.63, 3.8) is 0 Å². The zero-order valence-electron chi connectivity index (χ0n) is 5.21. The van der Waals surface area contributed by atoms with Crippen molar-refractivity contribution in [1.82, 2.24) is 4.98 Å². The van der Waals surface area contributed by atoms with Crippen LogP contribution in [-0.2, 0) is 0 Å². The Morgan fingerprint density at radius 3 is 2.90 bits per heavy atom. The van der Waals surface area contributed by atoms with Gasteiger partial charge in [0.2, 0.25) is 0 Å². The zero-order valence-corrected chi connectivity index (χ0v) is 5.97. The maximum absolute atomic E-state index is 8.99. The maximum atomic E-state index is 8.99. The molecule has 3 heteroatoms. The second kappa shape index (κ2) is 2.71. The number of nitrogens with zero attached hydrogens (tertiary/aromatic N) is 1. The molecule has 1 heterocycles. The topological polar surface area (TPSA) is 33.1 Å². The van der Waals surface area contributed by atoms with Gasteiger partial charge in [-0.2, -0.15) is 0 Å². The standard InChI is InChI=1S/C7H6ClNO/c1-2-5-3-6(10)7(8)9-4-5/h2-4,10H,1H2. The summed E-state index contributed by atoms with van der Waals surface area (Å²) >= 11 is 5.44. The Bertz CT molecular complexity index is 260. The second-order valence-corrected chi connectivity index (χ2v) is 2.14. The van der Waals surface area contributed by atoms with Gasteiger partial charge in [-0.3, -0.25) is 0 Å². The minimum absolute atomic E-state index is 0.0148. The van der Waals surface area contributed by atoms with E-state index in [2.05, 4.69) is 11.6 Å². The number of pyridine rings is 1. The molecule has 0 atom stereocenters. The highest BCUT2D eigenvalue weighted by atomic mass is 35.5. The van der Waals surface area contributed by atoms with Crippen molar-refractivity contribution < 1.29 is 5.11 Å². The molecule has 0 aliphatic carbocycles.